The third-order valence-electron chi connectivity index (χ3n) is 2.48. The molecule has 0 aliphatic rings. The predicted octanol–water partition coefficient (Wildman–Crippen LogP) is 1.58. The molecule has 2 heterocycles. The predicted molar refractivity (Wildman–Crippen MR) is 70.7 cm³/mol. The zero-order valence-electron chi connectivity index (χ0n) is 9.93. The summed E-state index contributed by atoms with van der Waals surface area (Å²) in [6.45, 7) is 0. The molecule has 0 atom stereocenters. The second kappa shape index (κ2) is 4.77. The molecule has 0 amide bonds. The van der Waals surface area contributed by atoms with Crippen molar-refractivity contribution in [2.24, 2.45) is 0 Å². The van der Waals surface area contributed by atoms with Gasteiger partial charge in [-0.2, -0.15) is 9.97 Å². The van der Waals surface area contributed by atoms with Crippen molar-refractivity contribution in [3.05, 3.63) is 48.9 Å². The summed E-state index contributed by atoms with van der Waals surface area (Å²) < 4.78 is 0. The Labute approximate surface area is 109 Å². The van der Waals surface area contributed by atoms with Crippen LogP contribution in [0.15, 0.2) is 48.9 Å². The van der Waals surface area contributed by atoms with Gasteiger partial charge in [-0.15, -0.1) is 0 Å². The first kappa shape index (κ1) is 11.2. The molecule has 3 aromatic rings. The van der Waals surface area contributed by atoms with Crippen LogP contribution >= 0.6 is 0 Å². The van der Waals surface area contributed by atoms with E-state index in [9.17, 15) is 0 Å². The van der Waals surface area contributed by atoms with Crippen molar-refractivity contribution in [2.75, 3.05) is 5.73 Å². The van der Waals surface area contributed by atoms with E-state index in [4.69, 9.17) is 5.73 Å². The van der Waals surface area contributed by atoms with Crippen molar-refractivity contribution in [1.82, 2.24) is 24.9 Å². The molecule has 0 unspecified atom stereocenters. The summed E-state index contributed by atoms with van der Waals surface area (Å²) in [5, 5.41) is 0. The average Bonchev–Trinajstić information content (AvgIpc) is 2.48. The van der Waals surface area contributed by atoms with E-state index < -0.39 is 0 Å². The monoisotopic (exact) mass is 250 g/mol. The Bertz CT molecular complexity index is 626. The summed E-state index contributed by atoms with van der Waals surface area (Å²) in [4.78, 5) is 20.7. The lowest BCUT2D eigenvalue weighted by Gasteiger charge is -2.04. The molecule has 3 rings (SSSR count). The largest absolute Gasteiger partial charge is 0.368 e. The number of hydrogen-bond acceptors (Lipinski definition) is 6. The Morgan fingerprint density at radius 2 is 1.63 bits per heavy atom. The fourth-order valence-corrected chi connectivity index (χ4v) is 1.64. The topological polar surface area (TPSA) is 90.5 Å². The summed E-state index contributed by atoms with van der Waals surface area (Å²) >= 11 is 0. The molecule has 2 N–H and O–H groups in total. The molecule has 6 nitrogen and oxygen atoms in total. The molecule has 0 saturated carbocycles. The third kappa shape index (κ3) is 2.37. The van der Waals surface area contributed by atoms with Gasteiger partial charge in [0.1, 0.15) is 5.69 Å². The van der Waals surface area contributed by atoms with Gasteiger partial charge in [0.05, 0.1) is 6.20 Å². The molecule has 0 aliphatic heterocycles. The van der Waals surface area contributed by atoms with E-state index in [-0.39, 0.29) is 5.95 Å². The van der Waals surface area contributed by atoms with Gasteiger partial charge in [0.25, 0.3) is 0 Å². The molecule has 2 aromatic heterocycles. The van der Waals surface area contributed by atoms with Crippen molar-refractivity contribution in [2.45, 2.75) is 0 Å². The Hall–Kier alpha value is -2.89. The molecular weight excluding hydrogens is 240 g/mol. The minimum Gasteiger partial charge on any atom is -0.368 e. The van der Waals surface area contributed by atoms with Crippen molar-refractivity contribution < 1.29 is 0 Å². The molecule has 0 bridgehead atoms. The van der Waals surface area contributed by atoms with Gasteiger partial charge in [-0.05, 0) is 0 Å². The smallest absolute Gasteiger partial charge is 0.224 e. The van der Waals surface area contributed by atoms with Crippen LogP contribution in [0, 0.1) is 0 Å². The SMILES string of the molecule is Nc1nc(-c2ccccc2)nc(-c2cnccn2)n1. The van der Waals surface area contributed by atoms with Crippen LogP contribution in [-0.4, -0.2) is 24.9 Å². The number of nitrogens with two attached hydrogens (primary N) is 1. The maximum absolute atomic E-state index is 5.72. The standard InChI is InChI=1S/C13H10N6/c14-13-18-11(9-4-2-1-3-5-9)17-12(19-13)10-8-15-6-7-16-10/h1-8H,(H2,14,17,18,19). The van der Waals surface area contributed by atoms with E-state index in [0.29, 0.717) is 17.3 Å². The molecule has 0 aliphatic carbocycles. The van der Waals surface area contributed by atoms with Gasteiger partial charge in [-0.3, -0.25) is 4.98 Å². The highest BCUT2D eigenvalue weighted by Crippen LogP contribution is 2.18. The van der Waals surface area contributed by atoms with Gasteiger partial charge in [0, 0.05) is 18.0 Å². The summed E-state index contributed by atoms with van der Waals surface area (Å²) in [6, 6.07) is 9.58. The first-order valence-electron chi connectivity index (χ1n) is 5.66. The molecular formula is C13H10N6. The molecule has 19 heavy (non-hydrogen) atoms. The molecule has 6 heteroatoms. The second-order valence-electron chi connectivity index (χ2n) is 3.80. The molecule has 0 saturated heterocycles. The zero-order valence-corrected chi connectivity index (χ0v) is 9.93. The van der Waals surface area contributed by atoms with Gasteiger partial charge >= 0.3 is 0 Å². The Kier molecular flexibility index (Phi) is 2.82. The van der Waals surface area contributed by atoms with Crippen LogP contribution in [0.3, 0.4) is 0 Å². The van der Waals surface area contributed by atoms with Gasteiger partial charge in [0.2, 0.25) is 5.95 Å². The summed E-state index contributed by atoms with van der Waals surface area (Å²) in [5.41, 5.74) is 7.16. The van der Waals surface area contributed by atoms with Crippen LogP contribution in [0.25, 0.3) is 22.9 Å². The lowest BCUT2D eigenvalue weighted by Crippen LogP contribution is -2.03. The number of anilines is 1. The van der Waals surface area contributed by atoms with E-state index in [1.165, 1.54) is 0 Å². The number of nitrogen functional groups attached to an aromatic ring is 1. The average molecular weight is 250 g/mol. The normalized spacial score (nSPS) is 10.3. The molecule has 1 aromatic carbocycles. The summed E-state index contributed by atoms with van der Waals surface area (Å²) in [6.07, 6.45) is 4.76. The minimum atomic E-state index is 0.162. The second-order valence-corrected chi connectivity index (χ2v) is 3.80. The van der Waals surface area contributed by atoms with Crippen LogP contribution in [0.2, 0.25) is 0 Å². The Morgan fingerprint density at radius 1 is 0.842 bits per heavy atom. The minimum absolute atomic E-state index is 0.162. The van der Waals surface area contributed by atoms with Gasteiger partial charge in [0.15, 0.2) is 11.6 Å². The molecule has 0 spiro atoms. The maximum atomic E-state index is 5.72. The Morgan fingerprint density at radius 3 is 2.37 bits per heavy atom. The van der Waals surface area contributed by atoms with E-state index in [1.54, 1.807) is 18.6 Å². The Balaban J connectivity index is 2.12. The number of aromatic nitrogens is 5. The number of rotatable bonds is 2. The van der Waals surface area contributed by atoms with Crippen LogP contribution in [0.1, 0.15) is 0 Å². The van der Waals surface area contributed by atoms with Crippen molar-refractivity contribution >= 4 is 5.95 Å². The number of hydrogen-bond donors (Lipinski definition) is 1. The molecule has 0 fully saturated rings. The van der Waals surface area contributed by atoms with Crippen molar-refractivity contribution in [3.63, 3.8) is 0 Å². The third-order valence-corrected chi connectivity index (χ3v) is 2.48. The highest BCUT2D eigenvalue weighted by Gasteiger charge is 2.09. The quantitative estimate of drug-likeness (QED) is 0.742. The summed E-state index contributed by atoms with van der Waals surface area (Å²) in [5.74, 6) is 1.10. The van der Waals surface area contributed by atoms with Crippen molar-refractivity contribution in [1.29, 1.82) is 0 Å². The fourth-order valence-electron chi connectivity index (χ4n) is 1.64. The first-order valence-corrected chi connectivity index (χ1v) is 5.66. The highest BCUT2D eigenvalue weighted by atomic mass is 15.1. The van der Waals surface area contributed by atoms with E-state index in [0.717, 1.165) is 5.56 Å². The highest BCUT2D eigenvalue weighted by molar-refractivity contribution is 5.59. The lowest BCUT2D eigenvalue weighted by molar-refractivity contribution is 1.05. The van der Waals surface area contributed by atoms with Crippen LogP contribution < -0.4 is 5.73 Å². The van der Waals surface area contributed by atoms with Crippen LogP contribution in [0.4, 0.5) is 5.95 Å². The fraction of sp³-hybridized carbons (Fsp3) is 0. The lowest BCUT2D eigenvalue weighted by atomic mass is 10.2. The van der Waals surface area contributed by atoms with E-state index in [1.807, 2.05) is 30.3 Å². The summed E-state index contributed by atoms with van der Waals surface area (Å²) in [7, 11) is 0. The van der Waals surface area contributed by atoms with Crippen LogP contribution in [-0.2, 0) is 0 Å². The first-order chi connectivity index (χ1) is 9.33. The van der Waals surface area contributed by atoms with Crippen molar-refractivity contribution in [3.8, 4) is 22.9 Å². The molecule has 0 radical (unpaired) electrons. The van der Waals surface area contributed by atoms with E-state index >= 15 is 0 Å². The van der Waals surface area contributed by atoms with Gasteiger partial charge in [-0.1, -0.05) is 30.3 Å². The van der Waals surface area contributed by atoms with Gasteiger partial charge < -0.3 is 5.73 Å². The van der Waals surface area contributed by atoms with Gasteiger partial charge in [-0.25, -0.2) is 9.97 Å². The molecule has 92 valence electrons. The zero-order chi connectivity index (χ0) is 13.1. The number of nitrogens with zero attached hydrogens (tertiary/aromatic N) is 5. The van der Waals surface area contributed by atoms with E-state index in [2.05, 4.69) is 24.9 Å². The maximum Gasteiger partial charge on any atom is 0.224 e. The van der Waals surface area contributed by atoms with Crippen LogP contribution in [0.5, 0.6) is 0 Å². The number of benzene rings is 1.